The monoisotopic (exact) mass is 387 g/mol. The quantitative estimate of drug-likeness (QED) is 0.482. The van der Waals surface area contributed by atoms with Crippen molar-refractivity contribution < 1.29 is 0 Å². The number of hydrogen-bond acceptors (Lipinski definition) is 6. The molecule has 3 heterocycles. The molecular weight excluding hydrogens is 366 g/mol. The third-order valence-corrected chi connectivity index (χ3v) is 5.10. The van der Waals surface area contributed by atoms with Gasteiger partial charge in [-0.2, -0.15) is 16.3 Å². The Labute approximate surface area is 168 Å². The van der Waals surface area contributed by atoms with Crippen LogP contribution in [0.4, 0.5) is 17.6 Å². The number of pyridine rings is 1. The number of hydrogen-bond donors (Lipinski definition) is 1. The van der Waals surface area contributed by atoms with E-state index in [1.165, 1.54) is 5.56 Å². The number of anilines is 3. The lowest BCUT2D eigenvalue weighted by atomic mass is 10.1. The summed E-state index contributed by atoms with van der Waals surface area (Å²) in [6.45, 7) is 0.781. The Bertz CT molecular complexity index is 1020. The van der Waals surface area contributed by atoms with Crippen LogP contribution in [0.1, 0.15) is 5.56 Å². The second kappa shape index (κ2) is 8.63. The van der Waals surface area contributed by atoms with E-state index in [-0.39, 0.29) is 0 Å². The van der Waals surface area contributed by atoms with Crippen molar-refractivity contribution in [3.63, 3.8) is 0 Å². The smallest absolute Gasteiger partial charge is 0.224 e. The van der Waals surface area contributed by atoms with E-state index in [0.717, 1.165) is 35.9 Å². The standard InChI is InChI=1S/C22H21N5S/c1-27(20-9-5-8-19(25-20)18-12-15-28-16-18)21-11-14-24-22(26-21)23-13-10-17-6-3-2-4-7-17/h2-9,11-12,14-16H,10,13H2,1H3,(H,23,24,26). The summed E-state index contributed by atoms with van der Waals surface area (Å²) in [5.74, 6) is 2.26. The van der Waals surface area contributed by atoms with Gasteiger partial charge in [-0.25, -0.2) is 9.97 Å². The molecule has 0 saturated carbocycles. The molecule has 0 aliphatic carbocycles. The molecule has 0 saturated heterocycles. The molecule has 0 radical (unpaired) electrons. The molecule has 6 heteroatoms. The Morgan fingerprint density at radius 2 is 1.79 bits per heavy atom. The van der Waals surface area contributed by atoms with Crippen LogP contribution in [0.2, 0.25) is 0 Å². The molecule has 0 unspecified atom stereocenters. The zero-order valence-electron chi connectivity index (χ0n) is 15.6. The van der Waals surface area contributed by atoms with Crippen LogP contribution in [0.5, 0.6) is 0 Å². The van der Waals surface area contributed by atoms with Gasteiger partial charge < -0.3 is 10.2 Å². The molecule has 0 bridgehead atoms. The van der Waals surface area contributed by atoms with E-state index >= 15 is 0 Å². The van der Waals surface area contributed by atoms with Gasteiger partial charge in [0.05, 0.1) is 5.69 Å². The molecule has 4 rings (SSSR count). The highest BCUT2D eigenvalue weighted by atomic mass is 32.1. The summed E-state index contributed by atoms with van der Waals surface area (Å²) in [7, 11) is 1.97. The van der Waals surface area contributed by atoms with Crippen molar-refractivity contribution in [3.05, 3.63) is 83.2 Å². The fourth-order valence-corrected chi connectivity index (χ4v) is 3.53. The number of thiophene rings is 1. The number of rotatable bonds is 7. The fraction of sp³-hybridized carbons (Fsp3) is 0.136. The lowest BCUT2D eigenvalue weighted by molar-refractivity contribution is 0.973. The van der Waals surface area contributed by atoms with E-state index in [9.17, 15) is 0 Å². The third-order valence-electron chi connectivity index (χ3n) is 4.42. The first kappa shape index (κ1) is 18.1. The summed E-state index contributed by atoms with van der Waals surface area (Å²) in [6, 6.07) is 20.4. The van der Waals surface area contributed by atoms with Gasteiger partial charge in [-0.05, 0) is 41.6 Å². The van der Waals surface area contributed by atoms with E-state index < -0.39 is 0 Å². The van der Waals surface area contributed by atoms with Crippen molar-refractivity contribution in [2.75, 3.05) is 23.8 Å². The molecule has 140 valence electrons. The van der Waals surface area contributed by atoms with Gasteiger partial charge in [0.25, 0.3) is 0 Å². The topological polar surface area (TPSA) is 53.9 Å². The van der Waals surface area contributed by atoms with Crippen molar-refractivity contribution in [2.45, 2.75) is 6.42 Å². The maximum Gasteiger partial charge on any atom is 0.224 e. The van der Waals surface area contributed by atoms with Crippen LogP contribution in [0.25, 0.3) is 11.3 Å². The van der Waals surface area contributed by atoms with Crippen LogP contribution in [0, 0.1) is 0 Å². The van der Waals surface area contributed by atoms with Crippen LogP contribution in [0.15, 0.2) is 77.6 Å². The van der Waals surface area contributed by atoms with Crippen molar-refractivity contribution in [1.29, 1.82) is 0 Å². The highest BCUT2D eigenvalue weighted by Gasteiger charge is 2.10. The summed E-state index contributed by atoms with van der Waals surface area (Å²) < 4.78 is 0. The normalized spacial score (nSPS) is 10.6. The molecule has 0 atom stereocenters. The predicted molar refractivity (Wildman–Crippen MR) is 116 cm³/mol. The summed E-state index contributed by atoms with van der Waals surface area (Å²) in [5, 5.41) is 7.47. The van der Waals surface area contributed by atoms with Gasteiger partial charge in [0, 0.05) is 30.7 Å². The van der Waals surface area contributed by atoms with Crippen LogP contribution in [-0.2, 0) is 6.42 Å². The molecule has 0 spiro atoms. The Hall–Kier alpha value is -3.25. The maximum absolute atomic E-state index is 4.77. The molecule has 0 fully saturated rings. The highest BCUT2D eigenvalue weighted by Crippen LogP contribution is 2.25. The van der Waals surface area contributed by atoms with E-state index in [1.54, 1.807) is 17.5 Å². The van der Waals surface area contributed by atoms with Gasteiger partial charge in [-0.15, -0.1) is 0 Å². The lowest BCUT2D eigenvalue weighted by Crippen LogP contribution is -2.15. The minimum atomic E-state index is 0.620. The van der Waals surface area contributed by atoms with Crippen molar-refractivity contribution in [1.82, 2.24) is 15.0 Å². The lowest BCUT2D eigenvalue weighted by Gasteiger charge is -2.18. The number of nitrogens with zero attached hydrogens (tertiary/aromatic N) is 4. The second-order valence-corrected chi connectivity index (χ2v) is 7.13. The van der Waals surface area contributed by atoms with Crippen LogP contribution < -0.4 is 10.2 Å². The molecule has 3 aromatic heterocycles. The van der Waals surface area contributed by atoms with E-state index in [2.05, 4.69) is 56.4 Å². The molecule has 28 heavy (non-hydrogen) atoms. The molecule has 5 nitrogen and oxygen atoms in total. The molecule has 1 N–H and O–H groups in total. The summed E-state index contributed by atoms with van der Waals surface area (Å²) in [6.07, 6.45) is 2.70. The largest absolute Gasteiger partial charge is 0.354 e. The van der Waals surface area contributed by atoms with Crippen LogP contribution in [0.3, 0.4) is 0 Å². The third kappa shape index (κ3) is 4.35. The Balaban J connectivity index is 1.45. The number of aromatic nitrogens is 3. The van der Waals surface area contributed by atoms with Gasteiger partial charge in [-0.1, -0.05) is 36.4 Å². The Morgan fingerprint density at radius 3 is 2.61 bits per heavy atom. The average Bonchev–Trinajstić information content (AvgIpc) is 3.29. The zero-order valence-corrected chi connectivity index (χ0v) is 16.4. The molecular formula is C22H21N5S. The first-order chi connectivity index (χ1) is 13.8. The minimum Gasteiger partial charge on any atom is -0.354 e. The van der Waals surface area contributed by atoms with Gasteiger partial charge in [0.15, 0.2) is 0 Å². The van der Waals surface area contributed by atoms with Crippen LogP contribution in [-0.4, -0.2) is 28.5 Å². The van der Waals surface area contributed by atoms with Crippen molar-refractivity contribution in [3.8, 4) is 11.3 Å². The van der Waals surface area contributed by atoms with Crippen LogP contribution >= 0.6 is 11.3 Å². The molecule has 0 amide bonds. The number of benzene rings is 1. The minimum absolute atomic E-state index is 0.620. The summed E-state index contributed by atoms with van der Waals surface area (Å²) >= 11 is 1.67. The van der Waals surface area contributed by atoms with Gasteiger partial charge in [-0.3, -0.25) is 0 Å². The molecule has 0 aliphatic heterocycles. The van der Waals surface area contributed by atoms with E-state index in [0.29, 0.717) is 5.95 Å². The Kier molecular flexibility index (Phi) is 5.58. The van der Waals surface area contributed by atoms with Crippen molar-refractivity contribution in [2.24, 2.45) is 0 Å². The summed E-state index contributed by atoms with van der Waals surface area (Å²) in [5.41, 5.74) is 3.38. The van der Waals surface area contributed by atoms with Gasteiger partial charge >= 0.3 is 0 Å². The molecule has 1 aromatic carbocycles. The second-order valence-electron chi connectivity index (χ2n) is 6.35. The van der Waals surface area contributed by atoms with Gasteiger partial charge in [0.1, 0.15) is 11.6 Å². The van der Waals surface area contributed by atoms with E-state index in [4.69, 9.17) is 4.98 Å². The summed E-state index contributed by atoms with van der Waals surface area (Å²) in [4.78, 5) is 15.7. The molecule has 0 aliphatic rings. The van der Waals surface area contributed by atoms with Crippen molar-refractivity contribution >= 4 is 28.9 Å². The zero-order chi connectivity index (χ0) is 19.2. The number of nitrogens with one attached hydrogen (secondary N) is 1. The van der Waals surface area contributed by atoms with Gasteiger partial charge in [0.2, 0.25) is 5.95 Å². The molecule has 4 aromatic rings. The fourth-order valence-electron chi connectivity index (χ4n) is 2.88. The highest BCUT2D eigenvalue weighted by molar-refractivity contribution is 7.08. The predicted octanol–water partition coefficient (Wildman–Crippen LogP) is 5.02. The SMILES string of the molecule is CN(c1cccc(-c2ccsc2)n1)c1ccnc(NCCc2ccccc2)n1. The average molecular weight is 388 g/mol. The first-order valence-electron chi connectivity index (χ1n) is 9.14. The maximum atomic E-state index is 4.77. The Morgan fingerprint density at radius 1 is 0.929 bits per heavy atom. The van der Waals surface area contributed by atoms with E-state index in [1.807, 2.05) is 42.3 Å². The first-order valence-corrected chi connectivity index (χ1v) is 10.1.